The van der Waals surface area contributed by atoms with Crippen LogP contribution in [0.25, 0.3) is 0 Å². The number of thiophene rings is 1. The molecule has 0 spiro atoms. The number of nitrogens with one attached hydrogen (secondary N) is 1. The number of carbonyl (C=O) groups is 2. The van der Waals surface area contributed by atoms with Gasteiger partial charge in [0.1, 0.15) is 16.5 Å². The summed E-state index contributed by atoms with van der Waals surface area (Å²) >= 11 is 1.40. The lowest BCUT2D eigenvalue weighted by Gasteiger charge is -2.22. The second-order valence-electron chi connectivity index (χ2n) is 6.12. The maximum Gasteiger partial charge on any atom is 0.256 e. The van der Waals surface area contributed by atoms with E-state index in [1.54, 1.807) is 18.2 Å². The van der Waals surface area contributed by atoms with E-state index in [0.29, 0.717) is 27.6 Å². The maximum atomic E-state index is 12.7. The molecule has 1 aliphatic heterocycles. The van der Waals surface area contributed by atoms with Crippen LogP contribution in [0.3, 0.4) is 0 Å². The molecule has 146 valence electrons. The molecule has 3 rings (SSSR count). The van der Waals surface area contributed by atoms with Crippen molar-refractivity contribution in [2.24, 2.45) is 5.73 Å². The Morgan fingerprint density at radius 2 is 1.81 bits per heavy atom. The summed E-state index contributed by atoms with van der Waals surface area (Å²) in [6.45, 7) is 1.59. The van der Waals surface area contributed by atoms with Crippen LogP contribution >= 0.6 is 23.7 Å². The van der Waals surface area contributed by atoms with E-state index in [4.69, 9.17) is 15.2 Å². The lowest BCUT2D eigenvalue weighted by molar-refractivity contribution is 0.1000. The number of benzene rings is 1. The van der Waals surface area contributed by atoms with Crippen LogP contribution in [-0.4, -0.2) is 44.5 Å². The molecule has 1 aromatic heterocycles. The number of halogens is 1. The van der Waals surface area contributed by atoms with E-state index in [-0.39, 0.29) is 18.3 Å². The van der Waals surface area contributed by atoms with Crippen LogP contribution in [0.2, 0.25) is 0 Å². The van der Waals surface area contributed by atoms with Crippen molar-refractivity contribution in [2.75, 3.05) is 33.1 Å². The number of rotatable bonds is 5. The van der Waals surface area contributed by atoms with Gasteiger partial charge in [-0.2, -0.15) is 0 Å². The number of fused-ring (bicyclic) bond motifs is 1. The molecule has 0 bridgehead atoms. The lowest BCUT2D eigenvalue weighted by Crippen LogP contribution is -2.27. The highest BCUT2D eigenvalue weighted by atomic mass is 35.5. The van der Waals surface area contributed by atoms with E-state index < -0.39 is 5.91 Å². The summed E-state index contributed by atoms with van der Waals surface area (Å²) in [6.07, 6.45) is 0.740. The van der Waals surface area contributed by atoms with E-state index in [1.165, 1.54) is 25.6 Å². The fourth-order valence-electron chi connectivity index (χ4n) is 2.99. The van der Waals surface area contributed by atoms with Gasteiger partial charge in [-0.3, -0.25) is 9.59 Å². The zero-order valence-electron chi connectivity index (χ0n) is 15.3. The van der Waals surface area contributed by atoms with Crippen LogP contribution in [0, 0.1) is 0 Å². The molecule has 2 amide bonds. The second-order valence-corrected chi connectivity index (χ2v) is 7.22. The van der Waals surface area contributed by atoms with Gasteiger partial charge in [0, 0.05) is 29.6 Å². The number of primary amides is 1. The first-order valence-corrected chi connectivity index (χ1v) is 8.92. The molecule has 0 aliphatic carbocycles. The van der Waals surface area contributed by atoms with Crippen LogP contribution in [0.1, 0.15) is 31.2 Å². The molecule has 2 aromatic rings. The SMILES string of the molecule is COc1cc(OC)cc(C(=O)Nc2sc3c(c2C(N)=O)CCN(C)C3)c1.Cl. The van der Waals surface area contributed by atoms with E-state index in [0.717, 1.165) is 30.0 Å². The third-order valence-corrected chi connectivity index (χ3v) is 5.47. The van der Waals surface area contributed by atoms with Crippen LogP contribution in [0.15, 0.2) is 18.2 Å². The number of hydrogen-bond acceptors (Lipinski definition) is 6. The number of nitrogens with two attached hydrogens (primary N) is 1. The van der Waals surface area contributed by atoms with Gasteiger partial charge >= 0.3 is 0 Å². The summed E-state index contributed by atoms with van der Waals surface area (Å²) in [5, 5.41) is 3.32. The Labute approximate surface area is 167 Å². The van der Waals surface area contributed by atoms with E-state index in [9.17, 15) is 9.59 Å². The van der Waals surface area contributed by atoms with E-state index in [2.05, 4.69) is 10.2 Å². The number of anilines is 1. The average molecular weight is 412 g/mol. The van der Waals surface area contributed by atoms with Crippen LogP contribution in [0.4, 0.5) is 5.00 Å². The molecule has 3 N–H and O–H groups in total. The molecule has 1 aliphatic rings. The quantitative estimate of drug-likeness (QED) is 0.788. The number of hydrogen-bond donors (Lipinski definition) is 2. The first-order chi connectivity index (χ1) is 12.4. The number of nitrogens with zero attached hydrogens (tertiary/aromatic N) is 1. The largest absolute Gasteiger partial charge is 0.497 e. The van der Waals surface area contributed by atoms with Crippen molar-refractivity contribution >= 4 is 40.6 Å². The Kier molecular flexibility index (Phi) is 6.69. The molecule has 0 unspecified atom stereocenters. The first kappa shape index (κ1) is 21.0. The fraction of sp³-hybridized carbons (Fsp3) is 0.333. The van der Waals surface area contributed by atoms with Gasteiger partial charge < -0.3 is 25.4 Å². The smallest absolute Gasteiger partial charge is 0.256 e. The van der Waals surface area contributed by atoms with Crippen molar-refractivity contribution in [2.45, 2.75) is 13.0 Å². The predicted octanol–water partition coefficient (Wildman–Crippen LogP) is 2.53. The van der Waals surface area contributed by atoms with Gasteiger partial charge in [-0.1, -0.05) is 0 Å². The average Bonchev–Trinajstić information content (AvgIpc) is 2.97. The molecular weight excluding hydrogens is 390 g/mol. The molecule has 0 atom stereocenters. The molecular formula is C18H22ClN3O4S. The Morgan fingerprint density at radius 3 is 2.37 bits per heavy atom. The summed E-state index contributed by atoms with van der Waals surface area (Å²) in [5.74, 6) is 0.149. The third-order valence-electron chi connectivity index (χ3n) is 4.33. The molecule has 0 fully saturated rings. The van der Waals surface area contributed by atoms with Crippen molar-refractivity contribution in [3.63, 3.8) is 0 Å². The summed E-state index contributed by atoms with van der Waals surface area (Å²) < 4.78 is 10.4. The maximum absolute atomic E-state index is 12.7. The van der Waals surface area contributed by atoms with Crippen LogP contribution < -0.4 is 20.5 Å². The van der Waals surface area contributed by atoms with Crippen molar-refractivity contribution in [1.82, 2.24) is 4.90 Å². The van der Waals surface area contributed by atoms with Crippen LogP contribution in [-0.2, 0) is 13.0 Å². The first-order valence-electron chi connectivity index (χ1n) is 8.10. The van der Waals surface area contributed by atoms with Gasteiger partial charge in [0.2, 0.25) is 0 Å². The van der Waals surface area contributed by atoms with E-state index >= 15 is 0 Å². The highest BCUT2D eigenvalue weighted by Crippen LogP contribution is 2.37. The fourth-order valence-corrected chi connectivity index (χ4v) is 4.32. The van der Waals surface area contributed by atoms with Crippen LogP contribution in [0.5, 0.6) is 11.5 Å². The Balaban J connectivity index is 0.00000261. The molecule has 2 heterocycles. The number of likely N-dealkylation sites (N-methyl/N-ethyl adjacent to an activating group) is 1. The minimum absolute atomic E-state index is 0. The van der Waals surface area contributed by atoms with Crippen molar-refractivity contribution < 1.29 is 19.1 Å². The summed E-state index contributed by atoms with van der Waals surface area (Å²) in [5.41, 5.74) is 7.32. The van der Waals surface area contributed by atoms with Gasteiger partial charge in [0.05, 0.1) is 19.8 Å². The highest BCUT2D eigenvalue weighted by Gasteiger charge is 2.27. The van der Waals surface area contributed by atoms with Crippen molar-refractivity contribution in [3.05, 3.63) is 39.8 Å². The summed E-state index contributed by atoms with van der Waals surface area (Å²) in [7, 11) is 5.06. The Bertz CT molecular complexity index is 846. The zero-order chi connectivity index (χ0) is 18.8. The number of amides is 2. The zero-order valence-corrected chi connectivity index (χ0v) is 17.0. The standard InChI is InChI=1S/C18H21N3O4S.ClH/c1-21-5-4-13-14(9-21)26-18(15(13)16(19)22)20-17(23)10-6-11(24-2)8-12(7-10)25-3;/h6-8H,4-5,9H2,1-3H3,(H2,19,22)(H,20,23);1H. The van der Waals surface area contributed by atoms with E-state index in [1.807, 2.05) is 7.05 Å². The van der Waals surface area contributed by atoms with Crippen molar-refractivity contribution in [3.8, 4) is 11.5 Å². The van der Waals surface area contributed by atoms with Crippen molar-refractivity contribution in [1.29, 1.82) is 0 Å². The molecule has 1 aromatic carbocycles. The molecule has 0 radical (unpaired) electrons. The highest BCUT2D eigenvalue weighted by molar-refractivity contribution is 7.17. The minimum atomic E-state index is -0.523. The molecule has 0 saturated heterocycles. The van der Waals surface area contributed by atoms with Gasteiger partial charge in [0.25, 0.3) is 11.8 Å². The molecule has 0 saturated carbocycles. The van der Waals surface area contributed by atoms with Gasteiger partial charge in [-0.25, -0.2) is 0 Å². The van der Waals surface area contributed by atoms with Gasteiger partial charge in [0.15, 0.2) is 0 Å². The Hall–Kier alpha value is -2.29. The number of carbonyl (C=O) groups excluding carboxylic acids is 2. The van der Waals surface area contributed by atoms with Gasteiger partial charge in [-0.05, 0) is 31.2 Å². The second kappa shape index (κ2) is 8.60. The number of methoxy groups -OCH3 is 2. The third kappa shape index (κ3) is 4.35. The summed E-state index contributed by atoms with van der Waals surface area (Å²) in [4.78, 5) is 27.9. The molecule has 27 heavy (non-hydrogen) atoms. The number of ether oxygens (including phenoxy) is 2. The Morgan fingerprint density at radius 1 is 1.19 bits per heavy atom. The topological polar surface area (TPSA) is 93.9 Å². The lowest BCUT2D eigenvalue weighted by atomic mass is 10.0. The minimum Gasteiger partial charge on any atom is -0.497 e. The normalized spacial score (nSPS) is 13.3. The monoisotopic (exact) mass is 411 g/mol. The summed E-state index contributed by atoms with van der Waals surface area (Å²) in [6, 6.07) is 4.91. The predicted molar refractivity (Wildman–Crippen MR) is 108 cm³/mol. The molecule has 9 heteroatoms. The molecule has 7 nitrogen and oxygen atoms in total. The van der Waals surface area contributed by atoms with Gasteiger partial charge in [-0.15, -0.1) is 23.7 Å².